The Morgan fingerprint density at radius 3 is 2.75 bits per heavy atom. The Morgan fingerprint density at radius 1 is 1.67 bits per heavy atom. The molecule has 0 saturated carbocycles. The maximum Gasteiger partial charge on any atom is 0.404 e. The second kappa shape index (κ2) is 6.91. The zero-order valence-corrected chi connectivity index (χ0v) is 7.45. The minimum absolute atomic E-state index is 0.0393. The monoisotopic (exact) mass is 175 g/mol. The van der Waals surface area contributed by atoms with Gasteiger partial charge in [0.2, 0.25) is 0 Å². The van der Waals surface area contributed by atoms with Crippen molar-refractivity contribution in [3.05, 3.63) is 0 Å². The standard InChI is InChI=1S/C8H17NO3/c1-2-3-4-7(5-10)6-12-8(9)11/h7,10H,2-6H2,1H3,(H2,9,11). The van der Waals surface area contributed by atoms with E-state index in [1.807, 2.05) is 0 Å². The molecule has 0 aromatic carbocycles. The molecule has 4 nitrogen and oxygen atoms in total. The summed E-state index contributed by atoms with van der Waals surface area (Å²) < 4.78 is 4.57. The molecule has 72 valence electrons. The number of unbranched alkanes of at least 4 members (excludes halogenated alkanes) is 1. The molecule has 0 radical (unpaired) electrons. The van der Waals surface area contributed by atoms with E-state index in [1.165, 1.54) is 0 Å². The van der Waals surface area contributed by atoms with Crippen LogP contribution in [0.5, 0.6) is 0 Å². The normalized spacial score (nSPS) is 12.5. The summed E-state index contributed by atoms with van der Waals surface area (Å²) in [7, 11) is 0. The first-order valence-corrected chi connectivity index (χ1v) is 4.23. The van der Waals surface area contributed by atoms with E-state index in [4.69, 9.17) is 10.8 Å². The lowest BCUT2D eigenvalue weighted by Gasteiger charge is -2.12. The van der Waals surface area contributed by atoms with Gasteiger partial charge in [-0.25, -0.2) is 4.79 Å². The largest absolute Gasteiger partial charge is 0.449 e. The summed E-state index contributed by atoms with van der Waals surface area (Å²) in [5.74, 6) is 0.0393. The van der Waals surface area contributed by atoms with E-state index >= 15 is 0 Å². The molecular weight excluding hydrogens is 158 g/mol. The van der Waals surface area contributed by atoms with Gasteiger partial charge >= 0.3 is 6.09 Å². The molecule has 0 aliphatic carbocycles. The Hall–Kier alpha value is -0.770. The molecule has 0 heterocycles. The van der Waals surface area contributed by atoms with Crippen molar-refractivity contribution in [1.29, 1.82) is 0 Å². The van der Waals surface area contributed by atoms with E-state index in [0.717, 1.165) is 19.3 Å². The number of ether oxygens (including phenoxy) is 1. The van der Waals surface area contributed by atoms with Gasteiger partial charge in [0.15, 0.2) is 0 Å². The van der Waals surface area contributed by atoms with Gasteiger partial charge in [-0.2, -0.15) is 0 Å². The number of aliphatic hydroxyl groups excluding tert-OH is 1. The van der Waals surface area contributed by atoms with Crippen LogP contribution in [0.3, 0.4) is 0 Å². The van der Waals surface area contributed by atoms with E-state index in [0.29, 0.717) is 0 Å². The highest BCUT2D eigenvalue weighted by Gasteiger charge is 2.08. The van der Waals surface area contributed by atoms with E-state index in [1.54, 1.807) is 0 Å². The summed E-state index contributed by atoms with van der Waals surface area (Å²) in [6, 6.07) is 0. The highest BCUT2D eigenvalue weighted by atomic mass is 16.5. The molecular formula is C8H17NO3. The van der Waals surface area contributed by atoms with Crippen LogP contribution in [-0.2, 0) is 4.74 Å². The molecule has 0 saturated heterocycles. The smallest absolute Gasteiger partial charge is 0.404 e. The quantitative estimate of drug-likeness (QED) is 0.629. The van der Waals surface area contributed by atoms with Crippen LogP contribution < -0.4 is 5.73 Å². The lowest BCUT2D eigenvalue weighted by molar-refractivity contribution is 0.106. The van der Waals surface area contributed by atoms with Crippen LogP contribution in [0.25, 0.3) is 0 Å². The first kappa shape index (κ1) is 11.2. The van der Waals surface area contributed by atoms with E-state index in [9.17, 15) is 4.79 Å². The van der Waals surface area contributed by atoms with Gasteiger partial charge in [-0.1, -0.05) is 19.8 Å². The molecule has 0 bridgehead atoms. The molecule has 1 amide bonds. The summed E-state index contributed by atoms with van der Waals surface area (Å²) in [4.78, 5) is 10.2. The van der Waals surface area contributed by atoms with Crippen LogP contribution in [0.4, 0.5) is 4.79 Å². The average molecular weight is 175 g/mol. The SMILES string of the molecule is CCCCC(CO)COC(N)=O. The van der Waals surface area contributed by atoms with Gasteiger partial charge in [0.05, 0.1) is 6.61 Å². The van der Waals surface area contributed by atoms with Gasteiger partial charge in [0.25, 0.3) is 0 Å². The number of carbonyl (C=O) groups is 1. The zero-order chi connectivity index (χ0) is 9.40. The highest BCUT2D eigenvalue weighted by Crippen LogP contribution is 2.07. The fourth-order valence-electron chi connectivity index (χ4n) is 0.920. The Labute approximate surface area is 72.7 Å². The van der Waals surface area contributed by atoms with Crippen molar-refractivity contribution in [3.63, 3.8) is 0 Å². The highest BCUT2D eigenvalue weighted by molar-refractivity contribution is 5.64. The number of primary amides is 1. The Bertz CT molecular complexity index is 127. The number of amides is 1. The second-order valence-electron chi connectivity index (χ2n) is 2.82. The third kappa shape index (κ3) is 5.97. The molecule has 0 aliphatic heterocycles. The maximum atomic E-state index is 10.2. The van der Waals surface area contributed by atoms with Crippen LogP contribution in [0, 0.1) is 5.92 Å². The Balaban J connectivity index is 3.45. The van der Waals surface area contributed by atoms with Crippen LogP contribution >= 0.6 is 0 Å². The number of hydrogen-bond donors (Lipinski definition) is 2. The van der Waals surface area contributed by atoms with Gasteiger partial charge in [-0.3, -0.25) is 0 Å². The number of carbonyl (C=O) groups excluding carboxylic acids is 1. The Kier molecular flexibility index (Phi) is 6.47. The van der Waals surface area contributed by atoms with E-state index in [-0.39, 0.29) is 19.1 Å². The van der Waals surface area contributed by atoms with Crippen molar-refractivity contribution in [1.82, 2.24) is 0 Å². The Morgan fingerprint density at radius 2 is 2.33 bits per heavy atom. The summed E-state index contributed by atoms with van der Waals surface area (Å²) in [6.07, 6.45) is 2.21. The predicted molar refractivity (Wildman–Crippen MR) is 45.6 cm³/mol. The van der Waals surface area contributed by atoms with Crippen LogP contribution in [0.1, 0.15) is 26.2 Å². The third-order valence-electron chi connectivity index (χ3n) is 1.69. The van der Waals surface area contributed by atoms with Crippen LogP contribution in [0.2, 0.25) is 0 Å². The summed E-state index contributed by atoms with van der Waals surface area (Å²) in [5.41, 5.74) is 4.78. The molecule has 0 fully saturated rings. The molecule has 3 N–H and O–H groups in total. The van der Waals surface area contributed by atoms with Crippen molar-refractivity contribution >= 4 is 6.09 Å². The molecule has 12 heavy (non-hydrogen) atoms. The fourth-order valence-corrected chi connectivity index (χ4v) is 0.920. The zero-order valence-electron chi connectivity index (χ0n) is 7.45. The molecule has 0 aliphatic rings. The van der Waals surface area contributed by atoms with Crippen LogP contribution in [0.15, 0.2) is 0 Å². The molecule has 0 aromatic heterocycles. The van der Waals surface area contributed by atoms with Crippen molar-refractivity contribution in [2.45, 2.75) is 26.2 Å². The van der Waals surface area contributed by atoms with Crippen molar-refractivity contribution in [2.24, 2.45) is 11.7 Å². The summed E-state index contributed by atoms with van der Waals surface area (Å²) >= 11 is 0. The number of nitrogens with two attached hydrogens (primary N) is 1. The minimum Gasteiger partial charge on any atom is -0.449 e. The molecule has 1 atom stereocenters. The number of aliphatic hydroxyl groups is 1. The van der Waals surface area contributed by atoms with Crippen molar-refractivity contribution in [2.75, 3.05) is 13.2 Å². The predicted octanol–water partition coefficient (Wildman–Crippen LogP) is 0.880. The third-order valence-corrected chi connectivity index (χ3v) is 1.69. The molecule has 1 unspecified atom stereocenters. The maximum absolute atomic E-state index is 10.2. The lowest BCUT2D eigenvalue weighted by Crippen LogP contribution is -2.20. The first-order chi connectivity index (χ1) is 5.70. The topological polar surface area (TPSA) is 72.6 Å². The van der Waals surface area contributed by atoms with Crippen molar-refractivity contribution < 1.29 is 14.6 Å². The van der Waals surface area contributed by atoms with Gasteiger partial charge in [-0.05, 0) is 6.42 Å². The van der Waals surface area contributed by atoms with Gasteiger partial charge in [0.1, 0.15) is 0 Å². The number of rotatable bonds is 6. The molecule has 4 heteroatoms. The summed E-state index contributed by atoms with van der Waals surface area (Å²) in [6.45, 7) is 2.35. The first-order valence-electron chi connectivity index (χ1n) is 4.23. The van der Waals surface area contributed by atoms with E-state index in [2.05, 4.69) is 11.7 Å². The average Bonchev–Trinajstić information content (AvgIpc) is 2.05. The fraction of sp³-hybridized carbons (Fsp3) is 0.875. The molecule has 0 rings (SSSR count). The van der Waals surface area contributed by atoms with E-state index < -0.39 is 6.09 Å². The van der Waals surface area contributed by atoms with Crippen molar-refractivity contribution in [3.8, 4) is 0 Å². The molecule has 0 aromatic rings. The molecule has 0 spiro atoms. The van der Waals surface area contributed by atoms with Gasteiger partial charge in [0, 0.05) is 12.5 Å². The second-order valence-corrected chi connectivity index (χ2v) is 2.82. The number of hydrogen-bond acceptors (Lipinski definition) is 3. The van der Waals surface area contributed by atoms with Gasteiger partial charge < -0.3 is 15.6 Å². The summed E-state index contributed by atoms with van der Waals surface area (Å²) in [5, 5.41) is 8.83. The van der Waals surface area contributed by atoms with Crippen LogP contribution in [-0.4, -0.2) is 24.4 Å². The minimum atomic E-state index is -0.773. The lowest BCUT2D eigenvalue weighted by atomic mass is 10.0. The van der Waals surface area contributed by atoms with Gasteiger partial charge in [-0.15, -0.1) is 0 Å².